The van der Waals surface area contributed by atoms with Crippen LogP contribution in [0, 0.1) is 11.3 Å². The summed E-state index contributed by atoms with van der Waals surface area (Å²) in [7, 11) is 0. The van der Waals surface area contributed by atoms with Crippen LogP contribution in [0.1, 0.15) is 46.5 Å². The van der Waals surface area contributed by atoms with Gasteiger partial charge in [0.1, 0.15) is 5.75 Å². The van der Waals surface area contributed by atoms with Crippen molar-refractivity contribution >= 4 is 11.8 Å². The molecule has 0 unspecified atom stereocenters. The van der Waals surface area contributed by atoms with Gasteiger partial charge in [0.25, 0.3) is 0 Å². The molecule has 1 aromatic rings. The van der Waals surface area contributed by atoms with Gasteiger partial charge in [-0.1, -0.05) is 39.0 Å². The second-order valence-corrected chi connectivity index (χ2v) is 10.0. The van der Waals surface area contributed by atoms with Crippen LogP contribution in [0.25, 0.3) is 0 Å². The molecule has 2 aliphatic rings. The molecule has 0 spiro atoms. The summed E-state index contributed by atoms with van der Waals surface area (Å²) in [6, 6.07) is 9.57. The average molecular weight is 430 g/mol. The van der Waals surface area contributed by atoms with Crippen LogP contribution in [-0.4, -0.2) is 78.9 Å². The number of ether oxygens (including phenoxy) is 1. The minimum atomic E-state index is 0.0609. The van der Waals surface area contributed by atoms with Crippen LogP contribution in [0.15, 0.2) is 30.3 Å². The summed E-state index contributed by atoms with van der Waals surface area (Å²) in [5, 5.41) is 0. The van der Waals surface area contributed by atoms with Crippen molar-refractivity contribution in [2.45, 2.75) is 46.5 Å². The molecule has 0 atom stereocenters. The van der Waals surface area contributed by atoms with Crippen molar-refractivity contribution in [2.75, 3.05) is 52.4 Å². The Bertz CT molecular complexity index is 700. The van der Waals surface area contributed by atoms with E-state index < -0.39 is 0 Å². The second-order valence-electron chi connectivity index (χ2n) is 10.0. The number of rotatable bonds is 7. The summed E-state index contributed by atoms with van der Waals surface area (Å²) in [5.41, 5.74) is 0.353. The Morgan fingerprint density at radius 1 is 0.935 bits per heavy atom. The molecule has 172 valence electrons. The number of piperidine rings is 1. The number of likely N-dealkylation sites (tertiary alicyclic amines) is 1. The fourth-order valence-corrected chi connectivity index (χ4v) is 4.25. The van der Waals surface area contributed by atoms with Crippen LogP contribution in [0.5, 0.6) is 5.75 Å². The molecule has 1 aromatic carbocycles. The lowest BCUT2D eigenvalue weighted by molar-refractivity contribution is -0.142. The molecular formula is C25H39N3O3. The monoisotopic (exact) mass is 429 g/mol. The van der Waals surface area contributed by atoms with Gasteiger partial charge in [-0.05, 0) is 43.4 Å². The number of amides is 2. The Balaban J connectivity index is 1.33. The molecule has 2 fully saturated rings. The van der Waals surface area contributed by atoms with Crippen LogP contribution < -0.4 is 4.74 Å². The topological polar surface area (TPSA) is 53.1 Å². The van der Waals surface area contributed by atoms with Gasteiger partial charge in [0.05, 0.1) is 13.0 Å². The number of hydrogen-bond donors (Lipinski definition) is 0. The minimum Gasteiger partial charge on any atom is -0.493 e. The quantitative estimate of drug-likeness (QED) is 0.668. The van der Waals surface area contributed by atoms with E-state index in [1.54, 1.807) is 0 Å². The van der Waals surface area contributed by atoms with Gasteiger partial charge in [0.15, 0.2) is 0 Å². The van der Waals surface area contributed by atoms with Crippen LogP contribution in [0.4, 0.5) is 0 Å². The molecule has 2 heterocycles. The lowest BCUT2D eigenvalue weighted by Crippen LogP contribution is -2.52. The number of piperazine rings is 1. The number of nitrogens with zero attached hydrogens (tertiary/aromatic N) is 3. The standard InChI is InChI=1S/C25H39N3O3/c1-25(2,3)12-15-26-16-18-28(19-17-26)24(30)21-9-13-27(14-10-21)23(29)11-20-31-22-7-5-4-6-8-22/h4-8,21H,9-20H2,1-3H3. The lowest BCUT2D eigenvalue weighted by atomic mass is 9.92. The third-order valence-corrected chi connectivity index (χ3v) is 6.39. The van der Waals surface area contributed by atoms with E-state index in [1.165, 1.54) is 6.42 Å². The number of carbonyl (C=O) groups excluding carboxylic acids is 2. The lowest BCUT2D eigenvalue weighted by Gasteiger charge is -2.39. The van der Waals surface area contributed by atoms with Gasteiger partial charge in [-0.3, -0.25) is 14.5 Å². The van der Waals surface area contributed by atoms with Crippen molar-refractivity contribution in [3.8, 4) is 5.75 Å². The highest BCUT2D eigenvalue weighted by atomic mass is 16.5. The Labute approximate surface area is 187 Å². The molecular weight excluding hydrogens is 390 g/mol. The minimum absolute atomic E-state index is 0.0609. The molecule has 3 rings (SSSR count). The number of para-hydroxylation sites is 1. The van der Waals surface area contributed by atoms with E-state index in [0.717, 1.165) is 51.3 Å². The van der Waals surface area contributed by atoms with Crippen LogP contribution in [0.3, 0.4) is 0 Å². The Kier molecular flexibility index (Phi) is 8.35. The van der Waals surface area contributed by atoms with Crippen LogP contribution in [-0.2, 0) is 9.59 Å². The van der Waals surface area contributed by atoms with E-state index >= 15 is 0 Å². The SMILES string of the molecule is CC(C)(C)CCN1CCN(C(=O)C2CCN(C(=O)CCOc3ccccc3)CC2)CC1. The third-order valence-electron chi connectivity index (χ3n) is 6.39. The molecule has 0 saturated carbocycles. The highest BCUT2D eigenvalue weighted by Gasteiger charge is 2.31. The maximum absolute atomic E-state index is 13.0. The predicted octanol–water partition coefficient (Wildman–Crippen LogP) is 3.27. The van der Waals surface area contributed by atoms with Crippen LogP contribution >= 0.6 is 0 Å². The summed E-state index contributed by atoms with van der Waals surface area (Å²) in [5.74, 6) is 1.26. The van der Waals surface area contributed by atoms with Crippen molar-refractivity contribution in [1.29, 1.82) is 0 Å². The number of hydrogen-bond acceptors (Lipinski definition) is 4. The Morgan fingerprint density at radius 3 is 2.19 bits per heavy atom. The van der Waals surface area contributed by atoms with Gasteiger partial charge in [0, 0.05) is 45.2 Å². The molecule has 6 heteroatoms. The van der Waals surface area contributed by atoms with Crippen molar-refractivity contribution in [1.82, 2.24) is 14.7 Å². The summed E-state index contributed by atoms with van der Waals surface area (Å²) < 4.78 is 5.64. The average Bonchev–Trinajstić information content (AvgIpc) is 2.78. The van der Waals surface area contributed by atoms with E-state index in [9.17, 15) is 9.59 Å². The first-order valence-corrected chi connectivity index (χ1v) is 11.8. The molecule has 2 aliphatic heterocycles. The Hall–Kier alpha value is -2.08. The maximum Gasteiger partial charge on any atom is 0.225 e. The normalized spacial score (nSPS) is 18.8. The van der Waals surface area contributed by atoms with E-state index in [0.29, 0.717) is 31.5 Å². The largest absolute Gasteiger partial charge is 0.493 e. The fraction of sp³-hybridized carbons (Fsp3) is 0.680. The highest BCUT2D eigenvalue weighted by Crippen LogP contribution is 2.22. The van der Waals surface area contributed by atoms with E-state index in [2.05, 4.69) is 25.7 Å². The molecule has 2 saturated heterocycles. The molecule has 31 heavy (non-hydrogen) atoms. The fourth-order valence-electron chi connectivity index (χ4n) is 4.25. The molecule has 0 N–H and O–H groups in total. The van der Waals surface area contributed by atoms with Crippen molar-refractivity contribution in [3.05, 3.63) is 30.3 Å². The van der Waals surface area contributed by atoms with Gasteiger partial charge in [-0.25, -0.2) is 0 Å². The molecule has 6 nitrogen and oxygen atoms in total. The maximum atomic E-state index is 13.0. The van der Waals surface area contributed by atoms with Gasteiger partial charge >= 0.3 is 0 Å². The van der Waals surface area contributed by atoms with Gasteiger partial charge in [0.2, 0.25) is 11.8 Å². The second kappa shape index (κ2) is 11.0. The zero-order chi connectivity index (χ0) is 22.3. The zero-order valence-corrected chi connectivity index (χ0v) is 19.5. The van der Waals surface area contributed by atoms with Crippen molar-refractivity contribution in [3.63, 3.8) is 0 Å². The van der Waals surface area contributed by atoms with E-state index in [4.69, 9.17) is 4.74 Å². The smallest absolute Gasteiger partial charge is 0.225 e. The van der Waals surface area contributed by atoms with E-state index in [-0.39, 0.29) is 17.7 Å². The first-order chi connectivity index (χ1) is 14.8. The number of benzene rings is 1. The first kappa shape index (κ1) is 23.6. The number of carbonyl (C=O) groups is 2. The van der Waals surface area contributed by atoms with E-state index in [1.807, 2.05) is 40.1 Å². The molecule has 0 radical (unpaired) electrons. The molecule has 2 amide bonds. The first-order valence-electron chi connectivity index (χ1n) is 11.8. The third kappa shape index (κ3) is 7.53. The van der Waals surface area contributed by atoms with Gasteiger partial charge in [-0.15, -0.1) is 0 Å². The predicted molar refractivity (Wildman–Crippen MR) is 123 cm³/mol. The molecule has 0 aliphatic carbocycles. The van der Waals surface area contributed by atoms with Crippen molar-refractivity contribution in [2.24, 2.45) is 11.3 Å². The summed E-state index contributed by atoms with van der Waals surface area (Å²) in [6.07, 6.45) is 3.11. The van der Waals surface area contributed by atoms with Gasteiger partial charge in [-0.2, -0.15) is 0 Å². The van der Waals surface area contributed by atoms with Crippen LogP contribution in [0.2, 0.25) is 0 Å². The van der Waals surface area contributed by atoms with Gasteiger partial charge < -0.3 is 14.5 Å². The summed E-state index contributed by atoms with van der Waals surface area (Å²) in [4.78, 5) is 31.9. The van der Waals surface area contributed by atoms with Crippen molar-refractivity contribution < 1.29 is 14.3 Å². The summed E-state index contributed by atoms with van der Waals surface area (Å²) in [6.45, 7) is 13.3. The molecule has 0 aromatic heterocycles. The highest BCUT2D eigenvalue weighted by molar-refractivity contribution is 5.80. The summed E-state index contributed by atoms with van der Waals surface area (Å²) >= 11 is 0. The Morgan fingerprint density at radius 2 is 1.58 bits per heavy atom. The molecule has 0 bridgehead atoms. The zero-order valence-electron chi connectivity index (χ0n) is 19.5.